The van der Waals surface area contributed by atoms with Crippen molar-refractivity contribution in [2.24, 2.45) is 0 Å². The van der Waals surface area contributed by atoms with Crippen molar-refractivity contribution in [1.82, 2.24) is 0 Å². The predicted octanol–water partition coefficient (Wildman–Crippen LogP) is 3.01. The van der Waals surface area contributed by atoms with Crippen LogP contribution in [0.3, 0.4) is 0 Å². The third-order valence-electron chi connectivity index (χ3n) is 2.00. The summed E-state index contributed by atoms with van der Waals surface area (Å²) in [5.74, 6) is 0. The topological polar surface area (TPSA) is 26.3 Å². The van der Waals surface area contributed by atoms with Gasteiger partial charge in [-0.15, -0.1) is 12.6 Å². The molecule has 72 valence electrons. The van der Waals surface area contributed by atoms with Gasteiger partial charge in [0.15, 0.2) is 11.3 Å². The Kier molecular flexibility index (Phi) is 2.48. The first-order valence-electron chi connectivity index (χ1n) is 4.01. The van der Waals surface area contributed by atoms with Crippen molar-refractivity contribution >= 4 is 40.3 Å². The monoisotopic (exact) mass is 224 g/mol. The maximum atomic E-state index is 10.7. The molecule has 0 unspecified atom stereocenters. The van der Waals surface area contributed by atoms with Crippen molar-refractivity contribution in [2.45, 2.75) is 4.90 Å². The van der Waals surface area contributed by atoms with E-state index >= 15 is 0 Å². The number of carbonyl (C=O) groups excluding carboxylic acids is 1. The molecular weight excluding hydrogens is 216 g/mol. The Hall–Kier alpha value is -1.000. The Morgan fingerprint density at radius 2 is 2.29 bits per heavy atom. The van der Waals surface area contributed by atoms with E-state index in [9.17, 15) is 4.79 Å². The third kappa shape index (κ3) is 1.40. The van der Waals surface area contributed by atoms with Crippen molar-refractivity contribution in [3.63, 3.8) is 0 Å². The number of ether oxygens (including phenoxy) is 1. The predicted molar refractivity (Wildman–Crippen MR) is 61.0 cm³/mol. The Morgan fingerprint density at radius 1 is 1.50 bits per heavy atom. The molecule has 1 aromatic carbocycles. The van der Waals surface area contributed by atoms with Crippen LogP contribution in [0, 0.1) is 0 Å². The average molecular weight is 224 g/mol. The molecule has 0 fully saturated rings. The second-order valence-corrected chi connectivity index (χ2v) is 4.27. The van der Waals surface area contributed by atoms with Crippen molar-refractivity contribution in [2.75, 3.05) is 7.11 Å². The van der Waals surface area contributed by atoms with Crippen LogP contribution in [0.15, 0.2) is 23.1 Å². The van der Waals surface area contributed by atoms with Gasteiger partial charge in [0.1, 0.15) is 0 Å². The van der Waals surface area contributed by atoms with Crippen molar-refractivity contribution in [1.29, 1.82) is 0 Å². The van der Waals surface area contributed by atoms with E-state index in [0.29, 0.717) is 5.56 Å². The first kappa shape index (κ1) is 9.55. The number of methoxy groups -OCH3 is 1. The average Bonchev–Trinajstić information content (AvgIpc) is 2.62. The lowest BCUT2D eigenvalue weighted by Crippen LogP contribution is -1.80. The molecule has 0 aliphatic carbocycles. The van der Waals surface area contributed by atoms with Crippen LogP contribution in [0.1, 0.15) is 10.4 Å². The Morgan fingerprint density at radius 3 is 2.93 bits per heavy atom. The standard InChI is InChI=1S/C10H8O2S2/c1-12-8-4-6-2-3-7(5-11)9(13)10(6)14-8/h2-5,13H,1H3. The van der Waals surface area contributed by atoms with Gasteiger partial charge in [-0.3, -0.25) is 4.79 Å². The highest BCUT2D eigenvalue weighted by molar-refractivity contribution is 7.80. The van der Waals surface area contributed by atoms with E-state index in [0.717, 1.165) is 26.3 Å². The Labute approximate surface area is 90.9 Å². The summed E-state index contributed by atoms with van der Waals surface area (Å²) in [6, 6.07) is 5.61. The minimum Gasteiger partial charge on any atom is -0.487 e. The minimum absolute atomic E-state index is 0.616. The molecule has 1 aromatic heterocycles. The van der Waals surface area contributed by atoms with E-state index in [2.05, 4.69) is 12.6 Å². The summed E-state index contributed by atoms with van der Waals surface area (Å²) in [7, 11) is 1.63. The smallest absolute Gasteiger partial charge is 0.174 e. The molecule has 0 aliphatic heterocycles. The summed E-state index contributed by atoms with van der Waals surface area (Å²) in [6.45, 7) is 0. The fourth-order valence-electron chi connectivity index (χ4n) is 1.28. The van der Waals surface area contributed by atoms with Gasteiger partial charge in [-0.05, 0) is 17.5 Å². The van der Waals surface area contributed by atoms with Crippen molar-refractivity contribution in [3.05, 3.63) is 23.8 Å². The molecule has 0 atom stereocenters. The van der Waals surface area contributed by atoms with Gasteiger partial charge in [0.2, 0.25) is 0 Å². The fourth-order valence-corrected chi connectivity index (χ4v) is 2.60. The molecule has 0 radical (unpaired) electrons. The first-order valence-corrected chi connectivity index (χ1v) is 5.27. The molecule has 0 spiro atoms. The molecule has 2 aromatic rings. The van der Waals surface area contributed by atoms with Gasteiger partial charge in [0, 0.05) is 10.5 Å². The Bertz CT molecular complexity index is 488. The van der Waals surface area contributed by atoms with Crippen LogP contribution in [0.2, 0.25) is 0 Å². The molecular formula is C10H8O2S2. The van der Waals surface area contributed by atoms with E-state index in [1.54, 1.807) is 13.2 Å². The number of benzene rings is 1. The maximum absolute atomic E-state index is 10.7. The minimum atomic E-state index is 0.616. The summed E-state index contributed by atoms with van der Waals surface area (Å²) < 4.78 is 6.12. The van der Waals surface area contributed by atoms with Crippen LogP contribution >= 0.6 is 24.0 Å². The molecule has 1 heterocycles. The summed E-state index contributed by atoms with van der Waals surface area (Å²) in [4.78, 5) is 11.4. The lowest BCUT2D eigenvalue weighted by atomic mass is 10.2. The van der Waals surface area contributed by atoms with Crippen LogP contribution in [-0.4, -0.2) is 13.4 Å². The number of fused-ring (bicyclic) bond motifs is 1. The Balaban J connectivity index is 2.74. The number of hydrogen-bond donors (Lipinski definition) is 1. The SMILES string of the molecule is COc1cc2ccc(C=O)c(S)c2s1. The second-order valence-electron chi connectivity index (χ2n) is 2.81. The van der Waals surface area contributed by atoms with E-state index < -0.39 is 0 Å². The number of thiol groups is 1. The molecule has 0 amide bonds. The zero-order valence-electron chi connectivity index (χ0n) is 7.48. The lowest BCUT2D eigenvalue weighted by molar-refractivity contribution is 0.112. The summed E-state index contributed by atoms with van der Waals surface area (Å²) in [6.07, 6.45) is 0.813. The summed E-state index contributed by atoms with van der Waals surface area (Å²) >= 11 is 5.82. The zero-order chi connectivity index (χ0) is 10.1. The molecule has 0 bridgehead atoms. The van der Waals surface area contributed by atoms with Crippen molar-refractivity contribution < 1.29 is 9.53 Å². The van der Waals surface area contributed by atoms with Gasteiger partial charge in [-0.1, -0.05) is 17.4 Å². The quantitative estimate of drug-likeness (QED) is 0.627. The van der Waals surface area contributed by atoms with E-state index in [4.69, 9.17) is 4.74 Å². The van der Waals surface area contributed by atoms with E-state index in [1.807, 2.05) is 12.1 Å². The summed E-state index contributed by atoms with van der Waals surface area (Å²) in [5.41, 5.74) is 0.616. The number of rotatable bonds is 2. The van der Waals surface area contributed by atoms with E-state index in [1.165, 1.54) is 11.3 Å². The highest BCUT2D eigenvalue weighted by Gasteiger charge is 2.07. The van der Waals surface area contributed by atoms with Crippen LogP contribution < -0.4 is 4.74 Å². The largest absolute Gasteiger partial charge is 0.487 e. The number of thiophene rings is 1. The van der Waals surface area contributed by atoms with Gasteiger partial charge < -0.3 is 4.74 Å². The second kappa shape index (κ2) is 3.63. The maximum Gasteiger partial charge on any atom is 0.174 e. The summed E-state index contributed by atoms with van der Waals surface area (Å²) in [5, 5.41) is 1.89. The normalized spacial score (nSPS) is 10.4. The van der Waals surface area contributed by atoms with Crippen LogP contribution in [0.25, 0.3) is 10.1 Å². The highest BCUT2D eigenvalue weighted by Crippen LogP contribution is 2.36. The van der Waals surface area contributed by atoms with Gasteiger partial charge in [0.05, 0.1) is 11.8 Å². The first-order chi connectivity index (χ1) is 6.76. The lowest BCUT2D eigenvalue weighted by Gasteiger charge is -1.97. The highest BCUT2D eigenvalue weighted by atomic mass is 32.1. The van der Waals surface area contributed by atoms with Crippen LogP contribution in [0.4, 0.5) is 0 Å². The van der Waals surface area contributed by atoms with Crippen LogP contribution in [0.5, 0.6) is 5.06 Å². The van der Waals surface area contributed by atoms with Gasteiger partial charge >= 0.3 is 0 Å². The molecule has 14 heavy (non-hydrogen) atoms. The molecule has 4 heteroatoms. The van der Waals surface area contributed by atoms with E-state index in [-0.39, 0.29) is 0 Å². The fraction of sp³-hybridized carbons (Fsp3) is 0.100. The van der Waals surface area contributed by atoms with Crippen molar-refractivity contribution in [3.8, 4) is 5.06 Å². The van der Waals surface area contributed by atoms with Gasteiger partial charge in [-0.25, -0.2) is 0 Å². The molecule has 0 saturated carbocycles. The van der Waals surface area contributed by atoms with Crippen LogP contribution in [-0.2, 0) is 0 Å². The number of carbonyl (C=O) groups is 1. The molecule has 2 rings (SSSR count). The molecule has 0 aliphatic rings. The molecule has 2 nitrogen and oxygen atoms in total. The molecule has 0 saturated heterocycles. The van der Waals surface area contributed by atoms with Gasteiger partial charge in [0.25, 0.3) is 0 Å². The van der Waals surface area contributed by atoms with Gasteiger partial charge in [-0.2, -0.15) is 0 Å². The number of hydrogen-bond acceptors (Lipinski definition) is 4. The number of aldehydes is 1. The zero-order valence-corrected chi connectivity index (χ0v) is 9.19. The third-order valence-corrected chi connectivity index (χ3v) is 3.76. The molecule has 0 N–H and O–H groups in total.